The molecule has 2 saturated carbocycles. The van der Waals surface area contributed by atoms with Gasteiger partial charge in [-0.1, -0.05) is 41.3 Å². The molecule has 0 amide bonds. The molecule has 3 rings (SSSR count). The van der Waals surface area contributed by atoms with E-state index >= 15 is 0 Å². The van der Waals surface area contributed by atoms with Crippen molar-refractivity contribution >= 4 is 15.9 Å². The Morgan fingerprint density at radius 2 is 2.00 bits per heavy atom. The SMILES string of the molecule is Cc1ccc(Br)cc1OC1CC(N)C12CCCCC2. The van der Waals surface area contributed by atoms with Crippen molar-refractivity contribution in [1.82, 2.24) is 0 Å². The first-order chi connectivity index (χ1) is 9.12. The van der Waals surface area contributed by atoms with Crippen molar-refractivity contribution in [3.63, 3.8) is 0 Å². The topological polar surface area (TPSA) is 35.2 Å². The molecule has 104 valence electrons. The number of hydrogen-bond acceptors (Lipinski definition) is 2. The van der Waals surface area contributed by atoms with Crippen LogP contribution in [0.25, 0.3) is 0 Å². The normalized spacial score (nSPS) is 29.0. The van der Waals surface area contributed by atoms with Crippen molar-refractivity contribution < 1.29 is 4.74 Å². The first kappa shape index (κ1) is 13.4. The van der Waals surface area contributed by atoms with Crippen molar-refractivity contribution in [3.05, 3.63) is 28.2 Å². The fraction of sp³-hybridized carbons (Fsp3) is 0.625. The van der Waals surface area contributed by atoms with E-state index < -0.39 is 0 Å². The van der Waals surface area contributed by atoms with Crippen molar-refractivity contribution in [2.24, 2.45) is 11.1 Å². The lowest BCUT2D eigenvalue weighted by Crippen LogP contribution is -2.64. The molecule has 1 aromatic carbocycles. The molecule has 0 bridgehead atoms. The fourth-order valence-electron chi connectivity index (χ4n) is 3.70. The molecule has 1 spiro atoms. The van der Waals surface area contributed by atoms with Gasteiger partial charge < -0.3 is 10.5 Å². The van der Waals surface area contributed by atoms with E-state index in [0.717, 1.165) is 16.6 Å². The predicted molar refractivity (Wildman–Crippen MR) is 81.4 cm³/mol. The minimum absolute atomic E-state index is 0.257. The number of halogens is 1. The highest BCUT2D eigenvalue weighted by molar-refractivity contribution is 9.10. The summed E-state index contributed by atoms with van der Waals surface area (Å²) in [5.74, 6) is 1.01. The lowest BCUT2D eigenvalue weighted by molar-refractivity contribution is -0.0901. The summed E-state index contributed by atoms with van der Waals surface area (Å²) >= 11 is 3.52. The molecule has 1 aromatic rings. The maximum absolute atomic E-state index is 6.32. The fourth-order valence-corrected chi connectivity index (χ4v) is 4.04. The maximum Gasteiger partial charge on any atom is 0.123 e. The van der Waals surface area contributed by atoms with Gasteiger partial charge in [0.05, 0.1) is 0 Å². The van der Waals surface area contributed by atoms with Crippen LogP contribution in [-0.4, -0.2) is 12.1 Å². The van der Waals surface area contributed by atoms with Gasteiger partial charge in [0, 0.05) is 22.4 Å². The molecule has 0 saturated heterocycles. The minimum atomic E-state index is 0.257. The average molecular weight is 324 g/mol. The Bertz CT molecular complexity index is 468. The summed E-state index contributed by atoms with van der Waals surface area (Å²) in [5.41, 5.74) is 7.77. The molecular weight excluding hydrogens is 302 g/mol. The Balaban J connectivity index is 1.78. The summed E-state index contributed by atoms with van der Waals surface area (Å²) in [4.78, 5) is 0. The summed E-state index contributed by atoms with van der Waals surface area (Å²) < 4.78 is 7.39. The Hall–Kier alpha value is -0.540. The van der Waals surface area contributed by atoms with E-state index in [0.29, 0.717) is 12.1 Å². The molecule has 2 fully saturated rings. The van der Waals surface area contributed by atoms with Crippen LogP contribution in [0.2, 0.25) is 0 Å². The molecule has 2 N–H and O–H groups in total. The van der Waals surface area contributed by atoms with Crippen LogP contribution in [-0.2, 0) is 0 Å². The summed E-state index contributed by atoms with van der Waals surface area (Å²) in [6, 6.07) is 6.58. The van der Waals surface area contributed by atoms with Gasteiger partial charge in [0.15, 0.2) is 0 Å². The third-order valence-corrected chi connectivity index (χ3v) is 5.54. The Morgan fingerprint density at radius 3 is 2.68 bits per heavy atom. The lowest BCUT2D eigenvalue weighted by atomic mass is 9.55. The first-order valence-electron chi connectivity index (χ1n) is 7.30. The van der Waals surface area contributed by atoms with Gasteiger partial charge in [-0.15, -0.1) is 0 Å². The van der Waals surface area contributed by atoms with Crippen molar-refractivity contribution in [1.29, 1.82) is 0 Å². The van der Waals surface area contributed by atoms with Gasteiger partial charge in [-0.05, 0) is 37.5 Å². The number of ether oxygens (including phenoxy) is 1. The second kappa shape index (κ2) is 5.10. The zero-order valence-corrected chi connectivity index (χ0v) is 13.1. The predicted octanol–water partition coefficient (Wildman–Crippen LogP) is 4.19. The molecule has 2 unspecified atom stereocenters. The molecule has 3 heteroatoms. The molecule has 2 aliphatic carbocycles. The minimum Gasteiger partial charge on any atom is -0.489 e. The van der Waals surface area contributed by atoms with E-state index in [1.807, 2.05) is 0 Å². The van der Waals surface area contributed by atoms with Crippen LogP contribution in [0.15, 0.2) is 22.7 Å². The van der Waals surface area contributed by atoms with Crippen LogP contribution in [0, 0.1) is 12.3 Å². The third kappa shape index (κ3) is 2.31. The second-order valence-electron chi connectivity index (χ2n) is 6.15. The number of nitrogens with two attached hydrogens (primary N) is 1. The van der Waals surface area contributed by atoms with Crippen molar-refractivity contribution in [2.75, 3.05) is 0 Å². The van der Waals surface area contributed by atoms with Gasteiger partial charge in [0.25, 0.3) is 0 Å². The quantitative estimate of drug-likeness (QED) is 0.885. The van der Waals surface area contributed by atoms with E-state index in [1.54, 1.807) is 0 Å². The smallest absolute Gasteiger partial charge is 0.123 e. The molecule has 0 aliphatic heterocycles. The van der Waals surface area contributed by atoms with Crippen LogP contribution in [0.1, 0.15) is 44.1 Å². The first-order valence-corrected chi connectivity index (χ1v) is 8.09. The van der Waals surface area contributed by atoms with Crippen LogP contribution in [0.3, 0.4) is 0 Å². The van der Waals surface area contributed by atoms with Crippen LogP contribution < -0.4 is 10.5 Å². The van der Waals surface area contributed by atoms with E-state index in [1.165, 1.54) is 37.7 Å². The monoisotopic (exact) mass is 323 g/mol. The molecular formula is C16H22BrNO. The van der Waals surface area contributed by atoms with E-state index in [2.05, 4.69) is 41.1 Å². The van der Waals surface area contributed by atoms with Crippen LogP contribution in [0.5, 0.6) is 5.75 Å². The van der Waals surface area contributed by atoms with Gasteiger partial charge in [0.2, 0.25) is 0 Å². The van der Waals surface area contributed by atoms with Crippen LogP contribution in [0.4, 0.5) is 0 Å². The zero-order valence-electron chi connectivity index (χ0n) is 11.5. The third-order valence-electron chi connectivity index (χ3n) is 5.05. The summed E-state index contributed by atoms with van der Waals surface area (Å²) in [6.45, 7) is 2.11. The summed E-state index contributed by atoms with van der Waals surface area (Å²) in [7, 11) is 0. The van der Waals surface area contributed by atoms with Gasteiger partial charge in [0.1, 0.15) is 11.9 Å². The van der Waals surface area contributed by atoms with Gasteiger partial charge in [-0.25, -0.2) is 0 Å². The highest BCUT2D eigenvalue weighted by atomic mass is 79.9. The Morgan fingerprint density at radius 1 is 1.26 bits per heavy atom. The van der Waals surface area contributed by atoms with Crippen molar-refractivity contribution in [2.45, 2.75) is 57.6 Å². The molecule has 0 radical (unpaired) electrons. The van der Waals surface area contributed by atoms with Gasteiger partial charge in [-0.2, -0.15) is 0 Å². The number of hydrogen-bond donors (Lipinski definition) is 1. The highest BCUT2D eigenvalue weighted by Crippen LogP contribution is 2.52. The lowest BCUT2D eigenvalue weighted by Gasteiger charge is -2.56. The van der Waals surface area contributed by atoms with E-state index in [-0.39, 0.29) is 5.41 Å². The van der Waals surface area contributed by atoms with Gasteiger partial charge in [-0.3, -0.25) is 0 Å². The molecule has 0 heterocycles. The molecule has 2 nitrogen and oxygen atoms in total. The summed E-state index contributed by atoms with van der Waals surface area (Å²) in [5, 5.41) is 0. The largest absolute Gasteiger partial charge is 0.489 e. The van der Waals surface area contributed by atoms with E-state index in [9.17, 15) is 0 Å². The Labute approximate surface area is 123 Å². The maximum atomic E-state index is 6.32. The average Bonchev–Trinajstić information content (AvgIpc) is 2.43. The van der Waals surface area contributed by atoms with Crippen LogP contribution >= 0.6 is 15.9 Å². The number of aryl methyl sites for hydroxylation is 1. The molecule has 2 atom stereocenters. The second-order valence-corrected chi connectivity index (χ2v) is 7.07. The molecule has 19 heavy (non-hydrogen) atoms. The zero-order chi connectivity index (χ0) is 13.5. The van der Waals surface area contributed by atoms with Crippen molar-refractivity contribution in [3.8, 4) is 5.75 Å². The highest BCUT2D eigenvalue weighted by Gasteiger charge is 2.54. The molecule has 0 aromatic heterocycles. The number of benzene rings is 1. The number of rotatable bonds is 2. The van der Waals surface area contributed by atoms with Gasteiger partial charge >= 0.3 is 0 Å². The summed E-state index contributed by atoms with van der Waals surface area (Å²) in [6.07, 6.45) is 7.78. The molecule has 2 aliphatic rings. The standard InChI is InChI=1S/C16H22BrNO/c1-11-5-6-12(17)9-13(11)19-15-10-14(18)16(15)7-3-2-4-8-16/h5-6,9,14-15H,2-4,7-8,10,18H2,1H3. The van der Waals surface area contributed by atoms with E-state index in [4.69, 9.17) is 10.5 Å². The Kier molecular flexibility index (Phi) is 3.61.